The van der Waals surface area contributed by atoms with E-state index in [0.717, 1.165) is 32.5 Å². The number of carbonyl (C=O) groups excluding carboxylic acids is 1. The average molecular weight is 294 g/mol. The van der Waals surface area contributed by atoms with Crippen LogP contribution in [0, 0.1) is 5.92 Å². The van der Waals surface area contributed by atoms with Crippen LogP contribution < -0.4 is 11.1 Å². The molecular formula is C15H20ClN3O. The third-order valence-corrected chi connectivity index (χ3v) is 4.72. The van der Waals surface area contributed by atoms with E-state index in [-0.39, 0.29) is 5.91 Å². The molecule has 0 radical (unpaired) electrons. The summed E-state index contributed by atoms with van der Waals surface area (Å²) < 4.78 is 0. The van der Waals surface area contributed by atoms with Crippen LogP contribution in [0.5, 0.6) is 0 Å². The smallest absolute Gasteiger partial charge is 0.220 e. The summed E-state index contributed by atoms with van der Waals surface area (Å²) in [5.74, 6) is 0.802. The van der Waals surface area contributed by atoms with Gasteiger partial charge in [0, 0.05) is 32.1 Å². The second-order valence-electron chi connectivity index (χ2n) is 5.85. The van der Waals surface area contributed by atoms with Crippen LogP contribution in [-0.4, -0.2) is 29.9 Å². The minimum Gasteiger partial charge on any atom is -0.398 e. The van der Waals surface area contributed by atoms with Crippen molar-refractivity contribution in [3.63, 3.8) is 0 Å². The number of hydrogen-bond acceptors (Lipinski definition) is 3. The Morgan fingerprint density at radius 2 is 2.25 bits per heavy atom. The maximum atomic E-state index is 11.4. The number of fused-ring (bicyclic) bond motifs is 1. The van der Waals surface area contributed by atoms with Crippen molar-refractivity contribution in [3.05, 3.63) is 28.8 Å². The van der Waals surface area contributed by atoms with Gasteiger partial charge in [-0.2, -0.15) is 0 Å². The van der Waals surface area contributed by atoms with E-state index in [0.29, 0.717) is 29.1 Å². The second kappa shape index (κ2) is 5.62. The molecular weight excluding hydrogens is 274 g/mol. The molecule has 2 unspecified atom stereocenters. The summed E-state index contributed by atoms with van der Waals surface area (Å²) in [6.45, 7) is 2.97. The molecule has 5 heteroatoms. The van der Waals surface area contributed by atoms with Crippen molar-refractivity contribution >= 4 is 23.2 Å². The van der Waals surface area contributed by atoms with Crippen LogP contribution in [0.3, 0.4) is 0 Å². The molecule has 2 atom stereocenters. The lowest BCUT2D eigenvalue weighted by atomic mass is 9.85. The zero-order valence-corrected chi connectivity index (χ0v) is 12.2. The molecule has 0 saturated carbocycles. The first-order valence-electron chi connectivity index (χ1n) is 7.17. The summed E-state index contributed by atoms with van der Waals surface area (Å²) in [6, 6.07) is 6.23. The number of halogens is 1. The lowest BCUT2D eigenvalue weighted by molar-refractivity contribution is -0.125. The fraction of sp³-hybridized carbons (Fsp3) is 0.533. The standard InChI is InChI=1S/C15H20ClN3O/c16-12-3-1-10(7-13(12)17)8-19-6-5-14-11(9-19)2-4-15(20)18-14/h1,3,7,11,14H,2,4-6,8-9,17H2,(H,18,20). The first-order valence-corrected chi connectivity index (χ1v) is 7.55. The lowest BCUT2D eigenvalue weighted by Crippen LogP contribution is -2.53. The third-order valence-electron chi connectivity index (χ3n) is 4.37. The highest BCUT2D eigenvalue weighted by molar-refractivity contribution is 6.33. The average Bonchev–Trinajstić information content (AvgIpc) is 2.43. The number of nitrogen functional groups attached to an aromatic ring is 1. The Bertz CT molecular complexity index is 520. The third kappa shape index (κ3) is 2.91. The van der Waals surface area contributed by atoms with Crippen LogP contribution >= 0.6 is 11.6 Å². The minimum absolute atomic E-state index is 0.213. The number of benzene rings is 1. The van der Waals surface area contributed by atoms with Gasteiger partial charge in [0.15, 0.2) is 0 Å². The van der Waals surface area contributed by atoms with Crippen molar-refractivity contribution in [1.29, 1.82) is 0 Å². The SMILES string of the molecule is Nc1cc(CN2CCC3NC(=O)CCC3C2)ccc1Cl. The normalized spacial score (nSPS) is 26.9. The molecule has 0 aliphatic carbocycles. The van der Waals surface area contributed by atoms with Gasteiger partial charge < -0.3 is 11.1 Å². The number of rotatable bonds is 2. The molecule has 0 spiro atoms. The van der Waals surface area contributed by atoms with Crippen LogP contribution in [0.15, 0.2) is 18.2 Å². The molecule has 2 saturated heterocycles. The summed E-state index contributed by atoms with van der Waals surface area (Å²) in [5.41, 5.74) is 7.69. The Morgan fingerprint density at radius 3 is 3.05 bits per heavy atom. The van der Waals surface area contributed by atoms with E-state index < -0.39 is 0 Å². The Kier molecular flexibility index (Phi) is 3.85. The summed E-state index contributed by atoms with van der Waals surface area (Å²) in [7, 11) is 0. The van der Waals surface area contributed by atoms with E-state index in [2.05, 4.69) is 10.2 Å². The van der Waals surface area contributed by atoms with Crippen LogP contribution in [-0.2, 0) is 11.3 Å². The molecule has 4 nitrogen and oxygen atoms in total. The van der Waals surface area contributed by atoms with Gasteiger partial charge in [0.05, 0.1) is 10.7 Å². The van der Waals surface area contributed by atoms with Gasteiger partial charge in [0.1, 0.15) is 0 Å². The highest BCUT2D eigenvalue weighted by Crippen LogP contribution is 2.27. The van der Waals surface area contributed by atoms with E-state index in [9.17, 15) is 4.79 Å². The van der Waals surface area contributed by atoms with Crippen molar-refractivity contribution in [2.24, 2.45) is 5.92 Å². The fourth-order valence-corrected chi connectivity index (χ4v) is 3.40. The molecule has 0 bridgehead atoms. The predicted octanol–water partition coefficient (Wildman–Crippen LogP) is 2.02. The van der Waals surface area contributed by atoms with Gasteiger partial charge in [-0.3, -0.25) is 9.69 Å². The molecule has 1 aromatic rings. The molecule has 2 aliphatic heterocycles. The topological polar surface area (TPSA) is 58.4 Å². The maximum absolute atomic E-state index is 11.4. The van der Waals surface area contributed by atoms with Gasteiger partial charge in [0.2, 0.25) is 5.91 Å². The van der Waals surface area contributed by atoms with E-state index in [1.54, 1.807) is 0 Å². The molecule has 1 aromatic carbocycles. The predicted molar refractivity (Wildman–Crippen MR) is 80.4 cm³/mol. The molecule has 0 aromatic heterocycles. The van der Waals surface area contributed by atoms with Gasteiger partial charge in [-0.05, 0) is 36.5 Å². The molecule has 2 aliphatic rings. The number of anilines is 1. The van der Waals surface area contributed by atoms with Gasteiger partial charge in [-0.1, -0.05) is 17.7 Å². The van der Waals surface area contributed by atoms with Crippen molar-refractivity contribution < 1.29 is 4.79 Å². The van der Waals surface area contributed by atoms with Gasteiger partial charge in [-0.15, -0.1) is 0 Å². The molecule has 1 amide bonds. The van der Waals surface area contributed by atoms with Crippen molar-refractivity contribution in [2.75, 3.05) is 18.8 Å². The van der Waals surface area contributed by atoms with Crippen molar-refractivity contribution in [3.8, 4) is 0 Å². The first-order chi connectivity index (χ1) is 9.61. The van der Waals surface area contributed by atoms with Gasteiger partial charge in [-0.25, -0.2) is 0 Å². The summed E-state index contributed by atoms with van der Waals surface area (Å²) >= 11 is 5.95. The number of amides is 1. The Hall–Kier alpha value is -1.26. The van der Waals surface area contributed by atoms with E-state index in [1.807, 2.05) is 18.2 Å². The van der Waals surface area contributed by atoms with Crippen molar-refractivity contribution in [1.82, 2.24) is 10.2 Å². The molecule has 2 fully saturated rings. The van der Waals surface area contributed by atoms with E-state index in [1.165, 1.54) is 5.56 Å². The number of nitrogens with one attached hydrogen (secondary N) is 1. The number of carbonyl (C=O) groups is 1. The highest BCUT2D eigenvalue weighted by Gasteiger charge is 2.33. The molecule has 20 heavy (non-hydrogen) atoms. The quantitative estimate of drug-likeness (QED) is 0.820. The molecule has 2 heterocycles. The number of piperidine rings is 2. The Morgan fingerprint density at radius 1 is 1.40 bits per heavy atom. The van der Waals surface area contributed by atoms with E-state index in [4.69, 9.17) is 17.3 Å². The zero-order chi connectivity index (χ0) is 14.1. The minimum atomic E-state index is 0.213. The van der Waals surface area contributed by atoms with Crippen LogP contribution in [0.2, 0.25) is 5.02 Å². The first kappa shape index (κ1) is 13.7. The molecule has 3 rings (SSSR count). The zero-order valence-electron chi connectivity index (χ0n) is 11.4. The van der Waals surface area contributed by atoms with Gasteiger partial charge in [0.25, 0.3) is 0 Å². The second-order valence-corrected chi connectivity index (χ2v) is 6.26. The maximum Gasteiger partial charge on any atom is 0.220 e. The van der Waals surface area contributed by atoms with Crippen LogP contribution in [0.4, 0.5) is 5.69 Å². The summed E-state index contributed by atoms with van der Waals surface area (Å²) in [5, 5.41) is 3.73. The number of likely N-dealkylation sites (tertiary alicyclic amines) is 1. The Labute approximate surface area is 124 Å². The fourth-order valence-electron chi connectivity index (χ4n) is 3.28. The van der Waals surface area contributed by atoms with Crippen molar-refractivity contribution in [2.45, 2.75) is 31.8 Å². The number of hydrogen-bond donors (Lipinski definition) is 2. The summed E-state index contributed by atoms with van der Waals surface area (Å²) in [4.78, 5) is 13.9. The highest BCUT2D eigenvalue weighted by atomic mass is 35.5. The summed E-state index contributed by atoms with van der Waals surface area (Å²) in [6.07, 6.45) is 2.72. The van der Waals surface area contributed by atoms with E-state index >= 15 is 0 Å². The molecule has 108 valence electrons. The number of nitrogens with zero attached hydrogens (tertiary/aromatic N) is 1. The van der Waals surface area contributed by atoms with Gasteiger partial charge >= 0.3 is 0 Å². The lowest BCUT2D eigenvalue weighted by Gasteiger charge is -2.41. The Balaban J connectivity index is 1.62. The van der Waals surface area contributed by atoms with Crippen LogP contribution in [0.25, 0.3) is 0 Å². The monoisotopic (exact) mass is 293 g/mol. The largest absolute Gasteiger partial charge is 0.398 e. The number of nitrogens with two attached hydrogens (primary N) is 1. The van der Waals surface area contributed by atoms with Crippen LogP contribution in [0.1, 0.15) is 24.8 Å². The molecule has 3 N–H and O–H groups in total.